The lowest BCUT2D eigenvalue weighted by Gasteiger charge is -2.12. The number of hydrogen-bond acceptors (Lipinski definition) is 5. The van der Waals surface area contributed by atoms with Crippen LogP contribution in [0.15, 0.2) is 4.79 Å². The Kier molecular flexibility index (Phi) is 4.24. The number of fused-ring (bicyclic) bond motifs is 3. The number of nitrogens with one attached hydrogen (secondary N) is 1. The van der Waals surface area contributed by atoms with E-state index in [9.17, 15) is 9.59 Å². The molecule has 1 N–H and O–H groups in total. The third-order valence-electron chi connectivity index (χ3n) is 4.16. The van der Waals surface area contributed by atoms with E-state index in [4.69, 9.17) is 0 Å². The summed E-state index contributed by atoms with van der Waals surface area (Å²) in [5, 5.41) is 11.6. The van der Waals surface area contributed by atoms with Crippen LogP contribution >= 0.6 is 11.3 Å². The quantitative estimate of drug-likeness (QED) is 0.929. The molecule has 0 radical (unpaired) electrons. The van der Waals surface area contributed by atoms with Crippen LogP contribution in [-0.2, 0) is 24.2 Å². The molecule has 0 saturated carbocycles. The molecule has 6 nitrogen and oxygen atoms in total. The van der Waals surface area contributed by atoms with Crippen LogP contribution in [0, 0.1) is 0 Å². The van der Waals surface area contributed by atoms with Crippen LogP contribution < -0.4 is 10.9 Å². The fourth-order valence-electron chi connectivity index (χ4n) is 2.77. The Bertz CT molecular complexity index is 765. The molecule has 1 aliphatic rings. The highest BCUT2D eigenvalue weighted by Crippen LogP contribution is 2.32. The van der Waals surface area contributed by atoms with Crippen molar-refractivity contribution < 1.29 is 4.79 Å². The molecule has 22 heavy (non-hydrogen) atoms. The molecule has 0 spiro atoms. The molecule has 1 atom stereocenters. The molecule has 118 valence electrons. The third kappa shape index (κ3) is 2.77. The second-order valence-electron chi connectivity index (χ2n) is 5.82. The predicted molar refractivity (Wildman–Crippen MR) is 86.2 cm³/mol. The summed E-state index contributed by atoms with van der Waals surface area (Å²) in [5.74, 6) is -0.200. The number of carbonyl (C=O) groups excluding carboxylic acids is 1. The number of thiophene rings is 1. The number of hydrogen-bond donors (Lipinski definition) is 1. The number of aryl methyl sites for hydroxylation is 2. The molecule has 1 aliphatic carbocycles. The Labute approximate surface area is 132 Å². The van der Waals surface area contributed by atoms with Gasteiger partial charge in [0, 0.05) is 10.9 Å². The molecule has 0 aromatic carbocycles. The molecular formula is C15H20N4O2S. The number of aromatic nitrogens is 3. The van der Waals surface area contributed by atoms with E-state index in [1.54, 1.807) is 11.3 Å². The standard InChI is InChI=1S/C15H20N4O2S/c1-3-9(2)16-12(20)8-19-15(21)13-10-6-4-5-7-11(10)22-14(13)17-18-19/h9H,3-8H2,1-2H3,(H,16,20)/t9-/m0/s1. The van der Waals surface area contributed by atoms with Gasteiger partial charge in [-0.15, -0.1) is 16.4 Å². The van der Waals surface area contributed by atoms with Crippen molar-refractivity contribution in [2.24, 2.45) is 0 Å². The molecule has 7 heteroatoms. The molecule has 0 saturated heterocycles. The van der Waals surface area contributed by atoms with E-state index in [1.807, 2.05) is 13.8 Å². The second-order valence-corrected chi connectivity index (χ2v) is 6.90. The van der Waals surface area contributed by atoms with Crippen LogP contribution in [-0.4, -0.2) is 26.9 Å². The molecular weight excluding hydrogens is 300 g/mol. The largest absolute Gasteiger partial charge is 0.352 e. The van der Waals surface area contributed by atoms with E-state index in [0.717, 1.165) is 31.2 Å². The number of rotatable bonds is 4. The monoisotopic (exact) mass is 320 g/mol. The van der Waals surface area contributed by atoms with Crippen LogP contribution in [0.1, 0.15) is 43.6 Å². The zero-order valence-electron chi connectivity index (χ0n) is 12.9. The van der Waals surface area contributed by atoms with Crippen molar-refractivity contribution in [3.05, 3.63) is 20.8 Å². The van der Waals surface area contributed by atoms with Crippen molar-refractivity contribution in [1.82, 2.24) is 20.3 Å². The van der Waals surface area contributed by atoms with Crippen molar-refractivity contribution in [2.45, 2.75) is 58.5 Å². The Morgan fingerprint density at radius 2 is 2.18 bits per heavy atom. The summed E-state index contributed by atoms with van der Waals surface area (Å²) in [5.41, 5.74) is 0.936. The SMILES string of the molecule is CC[C@H](C)NC(=O)Cn1nnc2sc3c(c2c1=O)CCCC3. The van der Waals surface area contributed by atoms with E-state index in [0.29, 0.717) is 10.2 Å². The maximum absolute atomic E-state index is 12.6. The van der Waals surface area contributed by atoms with Gasteiger partial charge in [-0.05, 0) is 44.6 Å². The van der Waals surface area contributed by atoms with Gasteiger partial charge >= 0.3 is 0 Å². The molecule has 1 amide bonds. The zero-order valence-corrected chi connectivity index (χ0v) is 13.7. The number of amides is 1. The van der Waals surface area contributed by atoms with E-state index >= 15 is 0 Å². The summed E-state index contributed by atoms with van der Waals surface area (Å²) in [6.45, 7) is 3.86. The summed E-state index contributed by atoms with van der Waals surface area (Å²) in [6, 6.07) is 0.0915. The Balaban J connectivity index is 1.93. The van der Waals surface area contributed by atoms with Gasteiger partial charge < -0.3 is 5.32 Å². The molecule has 0 aliphatic heterocycles. The zero-order chi connectivity index (χ0) is 15.7. The predicted octanol–water partition coefficient (Wildman–Crippen LogP) is 1.65. The maximum atomic E-state index is 12.6. The lowest BCUT2D eigenvalue weighted by molar-refractivity contribution is -0.122. The van der Waals surface area contributed by atoms with Gasteiger partial charge in [0.2, 0.25) is 5.91 Å². The Morgan fingerprint density at radius 1 is 1.41 bits per heavy atom. The minimum atomic E-state index is -0.200. The highest BCUT2D eigenvalue weighted by atomic mass is 32.1. The first-order valence-corrected chi connectivity index (χ1v) is 8.59. The van der Waals surface area contributed by atoms with Crippen molar-refractivity contribution in [3.63, 3.8) is 0 Å². The molecule has 2 heterocycles. The fraction of sp³-hybridized carbons (Fsp3) is 0.600. The molecule has 0 bridgehead atoms. The van der Waals surface area contributed by atoms with Crippen LogP contribution in [0.2, 0.25) is 0 Å². The van der Waals surface area contributed by atoms with Crippen molar-refractivity contribution in [1.29, 1.82) is 0 Å². The first kappa shape index (κ1) is 15.1. The summed E-state index contributed by atoms with van der Waals surface area (Å²) in [6.07, 6.45) is 5.07. The lowest BCUT2D eigenvalue weighted by atomic mass is 9.97. The molecule has 3 rings (SSSR count). The molecule has 2 aromatic heterocycles. The summed E-state index contributed by atoms with van der Waals surface area (Å²) in [7, 11) is 0. The van der Waals surface area contributed by atoms with Crippen molar-refractivity contribution in [2.75, 3.05) is 0 Å². The van der Waals surface area contributed by atoms with E-state index in [-0.39, 0.29) is 24.1 Å². The van der Waals surface area contributed by atoms with Gasteiger partial charge in [0.15, 0.2) is 4.83 Å². The Hall–Kier alpha value is -1.76. The van der Waals surface area contributed by atoms with E-state index in [2.05, 4.69) is 15.6 Å². The first-order valence-electron chi connectivity index (χ1n) is 7.77. The number of nitrogens with zero attached hydrogens (tertiary/aromatic N) is 3. The minimum Gasteiger partial charge on any atom is -0.352 e. The van der Waals surface area contributed by atoms with Crippen LogP contribution in [0.4, 0.5) is 0 Å². The number of carbonyl (C=O) groups is 1. The lowest BCUT2D eigenvalue weighted by Crippen LogP contribution is -2.38. The van der Waals surface area contributed by atoms with Gasteiger partial charge in [-0.1, -0.05) is 12.1 Å². The fourth-order valence-corrected chi connectivity index (χ4v) is 3.97. The van der Waals surface area contributed by atoms with E-state index in [1.165, 1.54) is 16.0 Å². The molecule has 0 fully saturated rings. The van der Waals surface area contributed by atoms with Crippen LogP contribution in [0.25, 0.3) is 10.2 Å². The summed E-state index contributed by atoms with van der Waals surface area (Å²) in [4.78, 5) is 26.6. The molecule has 2 aromatic rings. The highest BCUT2D eigenvalue weighted by molar-refractivity contribution is 7.18. The topological polar surface area (TPSA) is 76.9 Å². The first-order chi connectivity index (χ1) is 10.6. The van der Waals surface area contributed by atoms with Gasteiger partial charge in [-0.25, -0.2) is 4.68 Å². The maximum Gasteiger partial charge on any atom is 0.279 e. The van der Waals surface area contributed by atoms with Gasteiger partial charge in [0.1, 0.15) is 6.54 Å². The average Bonchev–Trinajstić information content (AvgIpc) is 2.89. The van der Waals surface area contributed by atoms with E-state index < -0.39 is 0 Å². The normalized spacial score (nSPS) is 15.5. The average molecular weight is 320 g/mol. The van der Waals surface area contributed by atoms with Crippen molar-refractivity contribution in [3.8, 4) is 0 Å². The van der Waals surface area contributed by atoms with Gasteiger partial charge in [0.25, 0.3) is 5.56 Å². The van der Waals surface area contributed by atoms with Crippen LogP contribution in [0.3, 0.4) is 0 Å². The second kappa shape index (κ2) is 6.16. The van der Waals surface area contributed by atoms with Crippen molar-refractivity contribution >= 4 is 27.5 Å². The highest BCUT2D eigenvalue weighted by Gasteiger charge is 2.21. The third-order valence-corrected chi connectivity index (χ3v) is 5.33. The van der Waals surface area contributed by atoms with Gasteiger partial charge in [-0.2, -0.15) is 0 Å². The Morgan fingerprint density at radius 3 is 2.95 bits per heavy atom. The van der Waals surface area contributed by atoms with Crippen LogP contribution in [0.5, 0.6) is 0 Å². The minimum absolute atomic E-state index is 0.0727. The molecule has 0 unspecified atom stereocenters. The summed E-state index contributed by atoms with van der Waals surface area (Å²) >= 11 is 1.57. The summed E-state index contributed by atoms with van der Waals surface area (Å²) < 4.78 is 1.18. The van der Waals surface area contributed by atoms with Gasteiger partial charge in [-0.3, -0.25) is 9.59 Å². The van der Waals surface area contributed by atoms with Gasteiger partial charge in [0.05, 0.1) is 5.39 Å². The smallest absolute Gasteiger partial charge is 0.279 e.